The van der Waals surface area contributed by atoms with E-state index < -0.39 is 5.97 Å². The molecule has 0 spiro atoms. The third kappa shape index (κ3) is 1.50. The summed E-state index contributed by atoms with van der Waals surface area (Å²) in [5.74, 6) is -1.02. The second-order valence-corrected chi connectivity index (χ2v) is 2.46. The third-order valence-corrected chi connectivity index (χ3v) is 1.48. The van der Waals surface area contributed by atoms with Gasteiger partial charge in [0.1, 0.15) is 0 Å². The van der Waals surface area contributed by atoms with Crippen molar-refractivity contribution in [3.63, 3.8) is 0 Å². The van der Waals surface area contributed by atoms with Gasteiger partial charge in [0.25, 0.3) is 0 Å². The van der Waals surface area contributed by atoms with Crippen LogP contribution < -0.4 is 0 Å². The molecule has 0 atom stereocenters. The fourth-order valence-electron chi connectivity index (χ4n) is 0.926. The maximum absolute atomic E-state index is 10.6. The minimum Gasteiger partial charge on any atom is -0.476 e. The highest BCUT2D eigenvalue weighted by Gasteiger charge is 2.08. The Kier molecular flexibility index (Phi) is 2.24. The first-order valence-electron chi connectivity index (χ1n) is 3.47. The molecule has 0 fully saturated rings. The zero-order valence-electron chi connectivity index (χ0n) is 6.74. The standard InChI is InChI=1S/C9H9NO2/c1-3-7-4-6(2)5-10-8(7)9(11)12/h3-5H,1H2,2H3,(H,11,12). The molecule has 1 heterocycles. The Balaban J connectivity index is 3.29. The Labute approximate surface area is 70.4 Å². The van der Waals surface area contributed by atoms with E-state index in [0.29, 0.717) is 5.56 Å². The predicted octanol–water partition coefficient (Wildman–Crippen LogP) is 1.73. The second-order valence-electron chi connectivity index (χ2n) is 2.46. The molecule has 0 saturated carbocycles. The zero-order valence-corrected chi connectivity index (χ0v) is 6.74. The molecule has 3 nitrogen and oxygen atoms in total. The van der Waals surface area contributed by atoms with E-state index in [1.165, 1.54) is 12.3 Å². The average molecular weight is 163 g/mol. The lowest BCUT2D eigenvalue weighted by Crippen LogP contribution is -2.03. The van der Waals surface area contributed by atoms with Crippen LogP contribution in [0.4, 0.5) is 0 Å². The predicted molar refractivity (Wildman–Crippen MR) is 46.0 cm³/mol. The SMILES string of the molecule is C=Cc1cc(C)cnc1C(=O)O. The van der Waals surface area contributed by atoms with Crippen molar-refractivity contribution in [1.29, 1.82) is 0 Å². The number of hydrogen-bond donors (Lipinski definition) is 1. The van der Waals surface area contributed by atoms with Crippen molar-refractivity contribution in [3.8, 4) is 0 Å². The van der Waals surface area contributed by atoms with Crippen LogP contribution in [0.1, 0.15) is 21.6 Å². The number of rotatable bonds is 2. The average Bonchev–Trinajstić information content (AvgIpc) is 2.03. The summed E-state index contributed by atoms with van der Waals surface area (Å²) in [5.41, 5.74) is 1.54. The van der Waals surface area contributed by atoms with Gasteiger partial charge < -0.3 is 5.11 Å². The van der Waals surface area contributed by atoms with E-state index in [1.54, 1.807) is 6.07 Å². The summed E-state index contributed by atoms with van der Waals surface area (Å²) in [6.07, 6.45) is 3.01. The van der Waals surface area contributed by atoms with E-state index in [0.717, 1.165) is 5.56 Å². The van der Waals surface area contributed by atoms with Gasteiger partial charge in [-0.05, 0) is 18.6 Å². The molecule has 12 heavy (non-hydrogen) atoms. The minimum absolute atomic E-state index is 0.0515. The summed E-state index contributed by atoms with van der Waals surface area (Å²) in [6, 6.07) is 1.74. The first-order chi connectivity index (χ1) is 5.65. The normalized spacial score (nSPS) is 9.42. The van der Waals surface area contributed by atoms with Crippen molar-refractivity contribution in [2.24, 2.45) is 0 Å². The maximum atomic E-state index is 10.6. The number of aromatic nitrogens is 1. The zero-order chi connectivity index (χ0) is 9.14. The number of aryl methyl sites for hydroxylation is 1. The van der Waals surface area contributed by atoms with E-state index in [4.69, 9.17) is 5.11 Å². The molecule has 62 valence electrons. The van der Waals surface area contributed by atoms with Crippen LogP contribution in [-0.4, -0.2) is 16.1 Å². The highest BCUT2D eigenvalue weighted by Crippen LogP contribution is 2.09. The molecule has 0 aliphatic rings. The molecule has 0 radical (unpaired) electrons. The van der Waals surface area contributed by atoms with Crippen molar-refractivity contribution in [1.82, 2.24) is 4.98 Å². The third-order valence-electron chi connectivity index (χ3n) is 1.48. The topological polar surface area (TPSA) is 50.2 Å². The fraction of sp³-hybridized carbons (Fsp3) is 0.111. The first-order valence-corrected chi connectivity index (χ1v) is 3.47. The summed E-state index contributed by atoms with van der Waals surface area (Å²) < 4.78 is 0. The van der Waals surface area contributed by atoms with Crippen molar-refractivity contribution in [2.75, 3.05) is 0 Å². The van der Waals surface area contributed by atoms with Gasteiger partial charge >= 0.3 is 5.97 Å². The van der Waals surface area contributed by atoms with Gasteiger partial charge in [-0.2, -0.15) is 0 Å². The second kappa shape index (κ2) is 3.17. The van der Waals surface area contributed by atoms with Crippen LogP contribution in [0.25, 0.3) is 6.08 Å². The van der Waals surface area contributed by atoms with Gasteiger partial charge in [0, 0.05) is 11.8 Å². The number of carboxylic acids is 1. The highest BCUT2D eigenvalue weighted by molar-refractivity contribution is 5.89. The summed E-state index contributed by atoms with van der Waals surface area (Å²) in [4.78, 5) is 14.4. The number of pyridine rings is 1. The monoisotopic (exact) mass is 163 g/mol. The molecule has 0 aliphatic heterocycles. The Bertz CT molecular complexity index is 331. The van der Waals surface area contributed by atoms with Gasteiger partial charge in [-0.15, -0.1) is 0 Å². The van der Waals surface area contributed by atoms with E-state index in [-0.39, 0.29) is 5.69 Å². The van der Waals surface area contributed by atoms with Crippen LogP contribution >= 0.6 is 0 Å². The molecule has 1 aromatic rings. The van der Waals surface area contributed by atoms with Crippen LogP contribution in [0.15, 0.2) is 18.8 Å². The lowest BCUT2D eigenvalue weighted by molar-refractivity contribution is 0.0690. The number of nitrogens with zero attached hydrogens (tertiary/aromatic N) is 1. The minimum atomic E-state index is -1.02. The molecule has 0 bridgehead atoms. The molecule has 0 unspecified atom stereocenters. The lowest BCUT2D eigenvalue weighted by atomic mass is 10.1. The van der Waals surface area contributed by atoms with Gasteiger partial charge in [0.15, 0.2) is 5.69 Å². The fourth-order valence-corrected chi connectivity index (χ4v) is 0.926. The van der Waals surface area contributed by atoms with Gasteiger partial charge in [-0.25, -0.2) is 9.78 Å². The van der Waals surface area contributed by atoms with E-state index in [1.807, 2.05) is 6.92 Å². The van der Waals surface area contributed by atoms with Gasteiger partial charge in [0.05, 0.1) is 0 Å². The largest absolute Gasteiger partial charge is 0.476 e. The molecule has 3 heteroatoms. The summed E-state index contributed by atoms with van der Waals surface area (Å²) >= 11 is 0. The molecule has 0 saturated heterocycles. The summed E-state index contributed by atoms with van der Waals surface area (Å²) in [6.45, 7) is 5.36. The van der Waals surface area contributed by atoms with Crippen molar-refractivity contribution in [2.45, 2.75) is 6.92 Å². The van der Waals surface area contributed by atoms with Crippen LogP contribution in [0.5, 0.6) is 0 Å². The number of hydrogen-bond acceptors (Lipinski definition) is 2. The molecule has 1 aromatic heterocycles. The maximum Gasteiger partial charge on any atom is 0.355 e. The van der Waals surface area contributed by atoms with E-state index >= 15 is 0 Å². The van der Waals surface area contributed by atoms with Gasteiger partial charge in [-0.1, -0.05) is 12.7 Å². The van der Waals surface area contributed by atoms with Gasteiger partial charge in [-0.3, -0.25) is 0 Å². The Morgan fingerprint density at radius 1 is 1.75 bits per heavy atom. The van der Waals surface area contributed by atoms with Crippen LogP contribution in [0, 0.1) is 6.92 Å². The van der Waals surface area contributed by atoms with Gasteiger partial charge in [0.2, 0.25) is 0 Å². The van der Waals surface area contributed by atoms with Crippen LogP contribution in [0.3, 0.4) is 0 Å². The smallest absolute Gasteiger partial charge is 0.355 e. The molecule has 0 amide bonds. The molecular weight excluding hydrogens is 154 g/mol. The Morgan fingerprint density at radius 3 is 2.92 bits per heavy atom. The number of aromatic carboxylic acids is 1. The number of carboxylic acid groups (broad SMARTS) is 1. The molecule has 1 rings (SSSR count). The van der Waals surface area contributed by atoms with E-state index in [9.17, 15) is 4.79 Å². The molecule has 1 N–H and O–H groups in total. The van der Waals surface area contributed by atoms with Crippen molar-refractivity contribution >= 4 is 12.0 Å². The Hall–Kier alpha value is -1.64. The molecule has 0 aliphatic carbocycles. The first kappa shape index (κ1) is 8.46. The summed E-state index contributed by atoms with van der Waals surface area (Å²) in [7, 11) is 0. The highest BCUT2D eigenvalue weighted by atomic mass is 16.4. The molecular formula is C9H9NO2. The van der Waals surface area contributed by atoms with Crippen LogP contribution in [-0.2, 0) is 0 Å². The lowest BCUT2D eigenvalue weighted by Gasteiger charge is -1.99. The number of carbonyl (C=O) groups is 1. The van der Waals surface area contributed by atoms with Crippen molar-refractivity contribution < 1.29 is 9.90 Å². The quantitative estimate of drug-likeness (QED) is 0.722. The molecule has 0 aromatic carbocycles. The summed E-state index contributed by atoms with van der Waals surface area (Å²) in [5, 5.41) is 8.68. The van der Waals surface area contributed by atoms with E-state index in [2.05, 4.69) is 11.6 Å². The van der Waals surface area contributed by atoms with Crippen LogP contribution in [0.2, 0.25) is 0 Å². The van der Waals surface area contributed by atoms with Crippen molar-refractivity contribution in [3.05, 3.63) is 35.7 Å². The Morgan fingerprint density at radius 2 is 2.42 bits per heavy atom.